The summed E-state index contributed by atoms with van der Waals surface area (Å²) in [5.74, 6) is 0.329. The first-order valence-electron chi connectivity index (χ1n) is 9.44. The summed E-state index contributed by atoms with van der Waals surface area (Å²) in [6.07, 6.45) is 2.34. The topological polar surface area (TPSA) is 57.3 Å². The van der Waals surface area contributed by atoms with E-state index in [2.05, 4.69) is 20.5 Å². The highest BCUT2D eigenvalue weighted by Crippen LogP contribution is 2.30. The zero-order valence-corrected chi connectivity index (χ0v) is 16.5. The maximum Gasteiger partial charge on any atom is 0.315 e. The molecule has 1 aromatic heterocycles. The third kappa shape index (κ3) is 3.99. The van der Waals surface area contributed by atoms with Crippen LogP contribution in [0.4, 0.5) is 9.18 Å². The summed E-state index contributed by atoms with van der Waals surface area (Å²) in [5, 5.41) is 9.00. The van der Waals surface area contributed by atoms with E-state index in [1.807, 2.05) is 19.2 Å². The minimum absolute atomic E-state index is 0.143. The first-order chi connectivity index (χ1) is 12.9. The molecular formula is C20H25FN4OS. The molecule has 1 aromatic carbocycles. The number of thiazole rings is 1. The maximum atomic E-state index is 13.1. The predicted octanol–water partition coefficient (Wildman–Crippen LogP) is 3.58. The van der Waals surface area contributed by atoms with Gasteiger partial charge in [0, 0.05) is 23.5 Å². The average Bonchev–Trinajstić information content (AvgIpc) is 3.14. The molecule has 2 bridgehead atoms. The van der Waals surface area contributed by atoms with Gasteiger partial charge in [-0.2, -0.15) is 0 Å². The van der Waals surface area contributed by atoms with Gasteiger partial charge in [0.05, 0.1) is 11.2 Å². The Hall–Kier alpha value is -1.99. The number of nitrogens with one attached hydrogen (secondary N) is 2. The fourth-order valence-electron chi connectivity index (χ4n) is 3.97. The van der Waals surface area contributed by atoms with Crippen LogP contribution in [0.5, 0.6) is 0 Å². The first kappa shape index (κ1) is 18.4. The highest BCUT2D eigenvalue weighted by Gasteiger charge is 2.36. The molecule has 0 radical (unpaired) electrons. The number of urea groups is 1. The summed E-state index contributed by atoms with van der Waals surface area (Å²) in [7, 11) is 0. The maximum absolute atomic E-state index is 13.1. The Morgan fingerprint density at radius 1 is 1.26 bits per heavy atom. The van der Waals surface area contributed by atoms with Gasteiger partial charge in [-0.3, -0.25) is 0 Å². The summed E-state index contributed by atoms with van der Waals surface area (Å²) in [6, 6.07) is 6.39. The molecule has 7 heteroatoms. The van der Waals surface area contributed by atoms with Crippen molar-refractivity contribution in [2.45, 2.75) is 38.3 Å². The van der Waals surface area contributed by atoms with Crippen molar-refractivity contribution < 1.29 is 9.18 Å². The Balaban J connectivity index is 1.41. The minimum atomic E-state index is -0.590. The lowest BCUT2D eigenvalue weighted by molar-refractivity contribution is 0.0759. The number of halogens is 1. The molecular weight excluding hydrogens is 363 g/mol. The summed E-state index contributed by atoms with van der Waals surface area (Å²) < 4.78 is 13.1. The molecule has 2 amide bonds. The lowest BCUT2D eigenvalue weighted by Crippen LogP contribution is -2.60. The number of amides is 2. The molecule has 1 atom stereocenters. The van der Waals surface area contributed by atoms with E-state index < -0.39 is 5.54 Å². The molecule has 5 nitrogen and oxygen atoms in total. The average molecular weight is 389 g/mol. The molecule has 5 rings (SSSR count). The van der Waals surface area contributed by atoms with Gasteiger partial charge in [-0.25, -0.2) is 14.2 Å². The zero-order chi connectivity index (χ0) is 19.0. The number of benzene rings is 1. The number of hydrogen-bond acceptors (Lipinski definition) is 4. The third-order valence-corrected chi connectivity index (χ3v) is 6.53. The van der Waals surface area contributed by atoms with Crippen LogP contribution >= 0.6 is 11.3 Å². The second-order valence-corrected chi connectivity index (χ2v) is 8.87. The van der Waals surface area contributed by atoms with Crippen LogP contribution in [0.25, 0.3) is 10.6 Å². The van der Waals surface area contributed by atoms with Crippen LogP contribution in [0.3, 0.4) is 0 Å². The van der Waals surface area contributed by atoms with Crippen molar-refractivity contribution in [1.29, 1.82) is 0 Å². The van der Waals surface area contributed by atoms with E-state index in [0.717, 1.165) is 35.9 Å². The zero-order valence-electron chi connectivity index (χ0n) is 15.7. The van der Waals surface area contributed by atoms with Crippen molar-refractivity contribution in [3.63, 3.8) is 0 Å². The van der Waals surface area contributed by atoms with Crippen molar-refractivity contribution in [2.75, 3.05) is 19.6 Å². The largest absolute Gasteiger partial charge is 0.334 e. The molecule has 0 aliphatic carbocycles. The lowest BCUT2D eigenvalue weighted by atomic mass is 9.84. The number of piperidine rings is 3. The Morgan fingerprint density at radius 3 is 2.59 bits per heavy atom. The number of carbonyl (C=O) groups is 1. The number of hydrogen-bond donors (Lipinski definition) is 2. The van der Waals surface area contributed by atoms with Gasteiger partial charge in [-0.15, -0.1) is 11.3 Å². The third-order valence-electron chi connectivity index (χ3n) is 5.63. The van der Waals surface area contributed by atoms with E-state index in [1.54, 1.807) is 12.1 Å². The Morgan fingerprint density at radius 2 is 1.96 bits per heavy atom. The van der Waals surface area contributed by atoms with E-state index in [-0.39, 0.29) is 17.9 Å². The van der Waals surface area contributed by atoms with E-state index in [0.29, 0.717) is 5.92 Å². The molecule has 3 saturated heterocycles. The molecule has 3 fully saturated rings. The molecule has 27 heavy (non-hydrogen) atoms. The van der Waals surface area contributed by atoms with Gasteiger partial charge >= 0.3 is 6.03 Å². The Labute approximate surface area is 163 Å². The van der Waals surface area contributed by atoms with Crippen molar-refractivity contribution in [3.8, 4) is 10.6 Å². The van der Waals surface area contributed by atoms with Gasteiger partial charge in [0.1, 0.15) is 10.8 Å². The van der Waals surface area contributed by atoms with Gasteiger partial charge in [-0.1, -0.05) is 0 Å². The van der Waals surface area contributed by atoms with Crippen LogP contribution in [0.15, 0.2) is 29.6 Å². The summed E-state index contributed by atoms with van der Waals surface area (Å²) in [4.78, 5) is 19.7. The van der Waals surface area contributed by atoms with E-state index in [9.17, 15) is 9.18 Å². The number of fused-ring (bicyclic) bond motifs is 3. The molecule has 3 aliphatic heterocycles. The quantitative estimate of drug-likeness (QED) is 0.842. The Kier molecular flexibility index (Phi) is 4.90. The molecule has 3 aliphatic rings. The lowest BCUT2D eigenvalue weighted by Gasteiger charge is -2.45. The van der Waals surface area contributed by atoms with Crippen LogP contribution in [-0.2, 0) is 5.54 Å². The second kappa shape index (κ2) is 7.20. The smallest absolute Gasteiger partial charge is 0.315 e. The van der Waals surface area contributed by atoms with Crippen LogP contribution in [0, 0.1) is 11.7 Å². The SMILES string of the molecule is CC(C)(NC(=O)N[C@@H]1CN2CCC1CC2)c1csc(-c2ccc(F)cc2)n1. The first-order valence-corrected chi connectivity index (χ1v) is 10.3. The fraction of sp³-hybridized carbons (Fsp3) is 0.500. The van der Waals surface area contributed by atoms with Crippen LogP contribution in [0.2, 0.25) is 0 Å². The summed E-state index contributed by atoms with van der Waals surface area (Å²) >= 11 is 1.50. The molecule has 2 aromatic rings. The molecule has 144 valence electrons. The van der Waals surface area contributed by atoms with Gasteiger partial charge < -0.3 is 15.5 Å². The number of rotatable bonds is 4. The summed E-state index contributed by atoms with van der Waals surface area (Å²) in [6.45, 7) is 7.16. The highest BCUT2D eigenvalue weighted by molar-refractivity contribution is 7.13. The highest BCUT2D eigenvalue weighted by atomic mass is 32.1. The summed E-state index contributed by atoms with van der Waals surface area (Å²) in [5.41, 5.74) is 1.09. The second-order valence-electron chi connectivity index (χ2n) is 8.01. The predicted molar refractivity (Wildman–Crippen MR) is 105 cm³/mol. The van der Waals surface area contributed by atoms with E-state index in [4.69, 9.17) is 0 Å². The number of aromatic nitrogens is 1. The van der Waals surface area contributed by atoms with Gasteiger partial charge in [0.15, 0.2) is 0 Å². The number of nitrogens with zero attached hydrogens (tertiary/aromatic N) is 2. The molecule has 2 N–H and O–H groups in total. The molecule has 0 saturated carbocycles. The monoisotopic (exact) mass is 388 g/mol. The van der Waals surface area contributed by atoms with Crippen LogP contribution in [0.1, 0.15) is 32.4 Å². The normalized spacial score (nSPS) is 24.6. The van der Waals surface area contributed by atoms with Crippen molar-refractivity contribution >= 4 is 17.4 Å². The van der Waals surface area contributed by atoms with Crippen molar-refractivity contribution in [3.05, 3.63) is 41.2 Å². The molecule has 0 unspecified atom stereocenters. The Bertz CT molecular complexity index is 812. The standard InChI is InChI=1S/C20H25FN4OS/c1-20(2,17-12-27-18(23-17)14-3-5-15(21)6-4-14)24-19(26)22-16-11-25-9-7-13(16)8-10-25/h3-6,12-13,16H,7-11H2,1-2H3,(H2,22,24,26)/t16-/m1/s1. The van der Waals surface area contributed by atoms with Gasteiger partial charge in [0.25, 0.3) is 0 Å². The molecule has 4 heterocycles. The van der Waals surface area contributed by atoms with Crippen LogP contribution in [-0.4, -0.2) is 41.6 Å². The number of carbonyl (C=O) groups excluding carboxylic acids is 1. The van der Waals surface area contributed by atoms with Crippen LogP contribution < -0.4 is 10.6 Å². The minimum Gasteiger partial charge on any atom is -0.334 e. The van der Waals surface area contributed by atoms with Crippen molar-refractivity contribution in [1.82, 2.24) is 20.5 Å². The van der Waals surface area contributed by atoms with Gasteiger partial charge in [0.2, 0.25) is 0 Å². The van der Waals surface area contributed by atoms with Crippen molar-refractivity contribution in [2.24, 2.45) is 5.92 Å². The molecule has 0 spiro atoms. The van der Waals surface area contributed by atoms with E-state index >= 15 is 0 Å². The fourth-order valence-corrected chi connectivity index (χ4v) is 4.96. The van der Waals surface area contributed by atoms with Gasteiger partial charge in [-0.05, 0) is 70.0 Å². The van der Waals surface area contributed by atoms with E-state index in [1.165, 1.54) is 36.3 Å².